The molecule has 154 valence electrons. The maximum Gasteiger partial charge on any atom is 0.146 e. The minimum Gasteiger partial charge on any atom is -0.506 e. The van der Waals surface area contributed by atoms with Gasteiger partial charge in [0, 0.05) is 36.7 Å². The van der Waals surface area contributed by atoms with E-state index in [0.717, 1.165) is 47.3 Å². The molecule has 0 radical (unpaired) electrons. The van der Waals surface area contributed by atoms with Crippen molar-refractivity contribution in [2.45, 2.75) is 38.2 Å². The van der Waals surface area contributed by atoms with E-state index in [0.29, 0.717) is 12.3 Å². The second kappa shape index (κ2) is 7.42. The van der Waals surface area contributed by atoms with Crippen molar-refractivity contribution in [2.75, 3.05) is 18.6 Å². The number of hydrogen-bond donors (Lipinski definition) is 1. The maximum atomic E-state index is 10.6. The molecule has 5 heteroatoms. The van der Waals surface area contributed by atoms with Crippen molar-refractivity contribution < 1.29 is 14.6 Å². The van der Waals surface area contributed by atoms with Crippen molar-refractivity contribution in [1.29, 1.82) is 0 Å². The van der Waals surface area contributed by atoms with Gasteiger partial charge in [-0.05, 0) is 43.0 Å². The Morgan fingerprint density at radius 3 is 2.57 bits per heavy atom. The molecule has 5 nitrogen and oxygen atoms in total. The summed E-state index contributed by atoms with van der Waals surface area (Å²) in [4.78, 5) is 6.75. The molecular formula is C25H26N2O3. The first-order valence-corrected chi connectivity index (χ1v) is 10.4. The highest BCUT2D eigenvalue weighted by molar-refractivity contribution is 5.58. The number of benzene rings is 2. The van der Waals surface area contributed by atoms with Gasteiger partial charge >= 0.3 is 0 Å². The third kappa shape index (κ3) is 2.81. The number of nitrogens with zero attached hydrogens (tertiary/aromatic N) is 2. The zero-order valence-electron chi connectivity index (χ0n) is 17.3. The fraction of sp³-hybridized carbons (Fsp3) is 0.320. The van der Waals surface area contributed by atoms with Crippen molar-refractivity contribution in [3.8, 4) is 5.75 Å². The number of rotatable bonds is 4. The maximum absolute atomic E-state index is 10.6. The van der Waals surface area contributed by atoms with Crippen LogP contribution < -0.4 is 4.90 Å². The van der Waals surface area contributed by atoms with Crippen molar-refractivity contribution in [1.82, 2.24) is 4.98 Å². The van der Waals surface area contributed by atoms with Gasteiger partial charge in [0.05, 0.1) is 12.3 Å². The molecule has 2 aromatic carbocycles. The summed E-state index contributed by atoms with van der Waals surface area (Å²) in [6.45, 7) is 3.16. The Kier molecular flexibility index (Phi) is 4.72. The molecule has 0 aliphatic carbocycles. The SMILES string of the molecule is COC1CCCN1c1ccc(C2(c3ccccc3)OCc3c2cnc(C)c3O)cc1. The summed E-state index contributed by atoms with van der Waals surface area (Å²) in [6, 6.07) is 18.7. The van der Waals surface area contributed by atoms with Crippen LogP contribution in [-0.2, 0) is 21.7 Å². The van der Waals surface area contributed by atoms with Crippen LogP contribution in [0.1, 0.15) is 40.8 Å². The number of hydrogen-bond acceptors (Lipinski definition) is 5. The predicted molar refractivity (Wildman–Crippen MR) is 116 cm³/mol. The van der Waals surface area contributed by atoms with Crippen LogP contribution in [-0.4, -0.2) is 30.0 Å². The van der Waals surface area contributed by atoms with Gasteiger partial charge in [0.15, 0.2) is 0 Å². The van der Waals surface area contributed by atoms with Gasteiger partial charge in [-0.15, -0.1) is 0 Å². The average molecular weight is 402 g/mol. The summed E-state index contributed by atoms with van der Waals surface area (Å²) in [6.07, 6.45) is 4.16. The molecular weight excluding hydrogens is 376 g/mol. The Balaban J connectivity index is 1.63. The molecule has 2 atom stereocenters. The molecule has 0 spiro atoms. The minimum absolute atomic E-state index is 0.131. The highest BCUT2D eigenvalue weighted by Gasteiger charge is 2.45. The molecule has 3 aromatic rings. The molecule has 1 fully saturated rings. The Bertz CT molecular complexity index is 1050. The smallest absolute Gasteiger partial charge is 0.146 e. The van der Waals surface area contributed by atoms with E-state index in [2.05, 4.69) is 46.3 Å². The fourth-order valence-electron chi connectivity index (χ4n) is 4.84. The van der Waals surface area contributed by atoms with Crippen LogP contribution in [0.3, 0.4) is 0 Å². The first-order valence-electron chi connectivity index (χ1n) is 10.4. The quantitative estimate of drug-likeness (QED) is 0.697. The second-order valence-corrected chi connectivity index (χ2v) is 7.99. The Labute approximate surface area is 176 Å². The lowest BCUT2D eigenvalue weighted by molar-refractivity contribution is 0.0263. The highest BCUT2D eigenvalue weighted by atomic mass is 16.5. The van der Waals surface area contributed by atoms with Crippen LogP contribution in [0.25, 0.3) is 0 Å². The molecule has 1 aromatic heterocycles. The standard InChI is InChI=1S/C25H26N2O3/c1-17-24(28)21-16-30-25(22(21)15-26-17,18-7-4-3-5-8-18)19-10-12-20(13-11-19)27-14-6-9-23(27)29-2/h3-5,7-8,10-13,15,23,28H,6,9,14,16H2,1-2H3. The van der Waals surface area contributed by atoms with E-state index in [1.807, 2.05) is 31.3 Å². The normalized spacial score (nSPS) is 23.0. The zero-order valence-corrected chi connectivity index (χ0v) is 17.3. The van der Waals surface area contributed by atoms with E-state index >= 15 is 0 Å². The molecule has 5 rings (SSSR count). The summed E-state index contributed by atoms with van der Waals surface area (Å²) in [5, 5.41) is 10.6. The van der Waals surface area contributed by atoms with Crippen LogP contribution in [0, 0.1) is 6.92 Å². The Morgan fingerprint density at radius 2 is 1.83 bits per heavy atom. The molecule has 2 unspecified atom stereocenters. The van der Waals surface area contributed by atoms with Crippen LogP contribution in [0.15, 0.2) is 60.8 Å². The lowest BCUT2D eigenvalue weighted by Crippen LogP contribution is -2.31. The topological polar surface area (TPSA) is 54.8 Å². The average Bonchev–Trinajstić information content (AvgIpc) is 3.43. The van der Waals surface area contributed by atoms with E-state index in [4.69, 9.17) is 9.47 Å². The largest absolute Gasteiger partial charge is 0.506 e. The number of fused-ring (bicyclic) bond motifs is 1. The van der Waals surface area contributed by atoms with E-state index in [-0.39, 0.29) is 12.0 Å². The minimum atomic E-state index is -0.793. The lowest BCUT2D eigenvalue weighted by atomic mass is 9.80. The highest BCUT2D eigenvalue weighted by Crippen LogP contribution is 2.49. The second-order valence-electron chi connectivity index (χ2n) is 7.99. The Morgan fingerprint density at radius 1 is 1.10 bits per heavy atom. The van der Waals surface area contributed by atoms with Crippen LogP contribution in [0.4, 0.5) is 5.69 Å². The predicted octanol–water partition coefficient (Wildman–Crippen LogP) is 4.49. The summed E-state index contributed by atoms with van der Waals surface area (Å²) >= 11 is 0. The first-order chi connectivity index (χ1) is 14.6. The van der Waals surface area contributed by atoms with E-state index in [1.54, 1.807) is 7.11 Å². The summed E-state index contributed by atoms with van der Waals surface area (Å²) in [5.41, 5.74) is 4.74. The summed E-state index contributed by atoms with van der Waals surface area (Å²) in [7, 11) is 1.77. The van der Waals surface area contributed by atoms with Gasteiger partial charge in [0.2, 0.25) is 0 Å². The molecule has 30 heavy (non-hydrogen) atoms. The number of aryl methyl sites for hydroxylation is 1. The molecule has 2 aliphatic rings. The van der Waals surface area contributed by atoms with Crippen molar-refractivity contribution in [3.63, 3.8) is 0 Å². The Hall–Kier alpha value is -2.89. The summed E-state index contributed by atoms with van der Waals surface area (Å²) in [5.74, 6) is 0.224. The lowest BCUT2D eigenvalue weighted by Gasteiger charge is -2.32. The number of anilines is 1. The fourth-order valence-corrected chi connectivity index (χ4v) is 4.84. The van der Waals surface area contributed by atoms with Crippen molar-refractivity contribution in [2.24, 2.45) is 0 Å². The number of methoxy groups -OCH3 is 1. The van der Waals surface area contributed by atoms with E-state index in [9.17, 15) is 5.11 Å². The summed E-state index contributed by atoms with van der Waals surface area (Å²) < 4.78 is 12.1. The molecule has 3 heterocycles. The molecule has 0 saturated carbocycles. The third-order valence-electron chi connectivity index (χ3n) is 6.41. The molecule has 2 aliphatic heterocycles. The van der Waals surface area contributed by atoms with Gasteiger partial charge in [-0.25, -0.2) is 0 Å². The van der Waals surface area contributed by atoms with Gasteiger partial charge < -0.3 is 19.5 Å². The number of aromatic hydroxyl groups is 1. The van der Waals surface area contributed by atoms with Gasteiger partial charge in [-0.1, -0.05) is 42.5 Å². The molecule has 1 saturated heterocycles. The van der Waals surface area contributed by atoms with Crippen LogP contribution in [0.2, 0.25) is 0 Å². The number of aromatic nitrogens is 1. The van der Waals surface area contributed by atoms with E-state index in [1.165, 1.54) is 0 Å². The van der Waals surface area contributed by atoms with Crippen molar-refractivity contribution in [3.05, 3.63) is 88.7 Å². The van der Waals surface area contributed by atoms with Crippen LogP contribution >= 0.6 is 0 Å². The van der Waals surface area contributed by atoms with Crippen LogP contribution in [0.5, 0.6) is 5.75 Å². The molecule has 0 amide bonds. The number of pyridine rings is 1. The number of ether oxygens (including phenoxy) is 2. The zero-order chi connectivity index (χ0) is 20.7. The van der Waals surface area contributed by atoms with E-state index < -0.39 is 5.60 Å². The van der Waals surface area contributed by atoms with Gasteiger partial charge in [0.25, 0.3) is 0 Å². The first kappa shape index (κ1) is 19.1. The van der Waals surface area contributed by atoms with Crippen molar-refractivity contribution >= 4 is 5.69 Å². The third-order valence-corrected chi connectivity index (χ3v) is 6.41. The monoisotopic (exact) mass is 402 g/mol. The molecule has 0 bridgehead atoms. The van der Waals surface area contributed by atoms with Gasteiger partial charge in [-0.3, -0.25) is 4.98 Å². The van der Waals surface area contributed by atoms with Gasteiger partial charge in [0.1, 0.15) is 17.6 Å². The van der Waals surface area contributed by atoms with Gasteiger partial charge in [-0.2, -0.15) is 0 Å². The molecule has 1 N–H and O–H groups in total.